The fourth-order valence-electron chi connectivity index (χ4n) is 3.24. The fraction of sp³-hybridized carbons (Fsp3) is 0.105. The molecule has 0 atom stereocenters. The zero-order valence-corrected chi connectivity index (χ0v) is 13.9. The molecule has 0 unspecified atom stereocenters. The third-order valence-electron chi connectivity index (χ3n) is 4.42. The molecule has 4 rings (SSSR count). The van der Waals surface area contributed by atoms with Crippen LogP contribution >= 0.6 is 15.9 Å². The molecule has 0 N–H and O–H groups in total. The second-order valence-electron chi connectivity index (χ2n) is 5.67. The summed E-state index contributed by atoms with van der Waals surface area (Å²) in [5.74, 6) is 0.587. The minimum Gasteiger partial charge on any atom is -0.448 e. The molecule has 2 aromatic carbocycles. The first-order valence-electron chi connectivity index (χ1n) is 7.06. The van der Waals surface area contributed by atoms with Gasteiger partial charge in [0.15, 0.2) is 10.5 Å². The molecule has 2 nitrogen and oxygen atoms in total. The standard InChI is InChI=1S/C19H13BrO2/c1-9-5-4-6-13-12(9)7-8-14-15(13)10(2)17(21)16-11(3)19(20)22-18(14)16/h4-8H,2H2,1,3H3. The molecular weight excluding hydrogens is 340 g/mol. The molecule has 3 aromatic rings. The van der Waals surface area contributed by atoms with Crippen molar-refractivity contribution in [2.45, 2.75) is 13.8 Å². The third kappa shape index (κ3) is 1.57. The van der Waals surface area contributed by atoms with Crippen LogP contribution in [0.1, 0.15) is 27.0 Å². The molecule has 1 aliphatic rings. The number of allylic oxidation sites excluding steroid dienone is 1. The van der Waals surface area contributed by atoms with Crippen LogP contribution < -0.4 is 0 Å². The highest BCUT2D eigenvalue weighted by Crippen LogP contribution is 2.46. The van der Waals surface area contributed by atoms with Gasteiger partial charge in [0.2, 0.25) is 0 Å². The number of carbonyl (C=O) groups excluding carboxylic acids is 1. The van der Waals surface area contributed by atoms with Crippen molar-refractivity contribution in [3.05, 3.63) is 63.8 Å². The molecule has 0 spiro atoms. The van der Waals surface area contributed by atoms with E-state index in [0.29, 0.717) is 21.6 Å². The van der Waals surface area contributed by atoms with Crippen molar-refractivity contribution in [1.82, 2.24) is 0 Å². The van der Waals surface area contributed by atoms with E-state index < -0.39 is 0 Å². The van der Waals surface area contributed by atoms with Crippen LogP contribution in [-0.4, -0.2) is 5.78 Å². The summed E-state index contributed by atoms with van der Waals surface area (Å²) in [6.45, 7) is 8.01. The molecule has 0 fully saturated rings. The number of carbonyl (C=O) groups is 1. The quantitative estimate of drug-likeness (QED) is 0.486. The van der Waals surface area contributed by atoms with E-state index >= 15 is 0 Å². The third-order valence-corrected chi connectivity index (χ3v) is 5.17. The molecule has 1 heterocycles. The number of halogens is 1. The van der Waals surface area contributed by atoms with E-state index in [-0.39, 0.29) is 5.78 Å². The number of aryl methyl sites for hydroxylation is 1. The number of fused-ring (bicyclic) bond motifs is 5. The number of benzene rings is 2. The largest absolute Gasteiger partial charge is 0.448 e. The van der Waals surface area contributed by atoms with Gasteiger partial charge in [-0.05, 0) is 52.2 Å². The lowest BCUT2D eigenvalue weighted by Gasteiger charge is -2.19. The highest BCUT2D eigenvalue weighted by Gasteiger charge is 2.33. The van der Waals surface area contributed by atoms with Gasteiger partial charge in [0, 0.05) is 22.3 Å². The van der Waals surface area contributed by atoms with Crippen LogP contribution in [0.5, 0.6) is 0 Å². The number of ketones is 1. The summed E-state index contributed by atoms with van der Waals surface area (Å²) >= 11 is 3.39. The number of rotatable bonds is 0. The monoisotopic (exact) mass is 352 g/mol. The van der Waals surface area contributed by atoms with Crippen LogP contribution in [0.15, 0.2) is 46.0 Å². The maximum atomic E-state index is 12.8. The van der Waals surface area contributed by atoms with Gasteiger partial charge in [0.1, 0.15) is 5.76 Å². The van der Waals surface area contributed by atoms with Gasteiger partial charge in [0.05, 0.1) is 5.56 Å². The zero-order valence-electron chi connectivity index (χ0n) is 12.3. The fourth-order valence-corrected chi connectivity index (χ4v) is 3.60. The SMILES string of the molecule is C=C1C(=O)c2c(oc(Br)c2C)-c2ccc3c(C)cccc3c21. The second kappa shape index (κ2) is 4.43. The lowest BCUT2D eigenvalue weighted by Crippen LogP contribution is -2.10. The van der Waals surface area contributed by atoms with E-state index in [4.69, 9.17) is 4.42 Å². The Morgan fingerprint density at radius 1 is 1.05 bits per heavy atom. The van der Waals surface area contributed by atoms with Gasteiger partial charge in [-0.3, -0.25) is 4.79 Å². The molecule has 1 aliphatic carbocycles. The Balaban J connectivity index is 2.20. The predicted molar refractivity (Wildman–Crippen MR) is 92.2 cm³/mol. The van der Waals surface area contributed by atoms with Crippen molar-refractivity contribution in [3.63, 3.8) is 0 Å². The summed E-state index contributed by atoms with van der Waals surface area (Å²) < 4.78 is 6.42. The van der Waals surface area contributed by atoms with E-state index in [9.17, 15) is 4.79 Å². The topological polar surface area (TPSA) is 30.2 Å². The predicted octanol–water partition coefficient (Wildman–Crippen LogP) is 5.69. The number of Topliss-reactive ketones (excluding diaryl/α,β-unsaturated/α-hetero) is 1. The molecule has 3 heteroatoms. The number of hydrogen-bond donors (Lipinski definition) is 0. The van der Waals surface area contributed by atoms with Crippen molar-refractivity contribution in [1.29, 1.82) is 0 Å². The lowest BCUT2D eigenvalue weighted by atomic mass is 9.82. The van der Waals surface area contributed by atoms with E-state index in [1.165, 1.54) is 5.56 Å². The van der Waals surface area contributed by atoms with E-state index in [2.05, 4.69) is 41.6 Å². The van der Waals surface area contributed by atoms with Gasteiger partial charge in [0.25, 0.3) is 0 Å². The molecule has 22 heavy (non-hydrogen) atoms. The summed E-state index contributed by atoms with van der Waals surface area (Å²) in [6, 6.07) is 10.2. The Labute approximate surface area is 136 Å². The van der Waals surface area contributed by atoms with Gasteiger partial charge in [-0.25, -0.2) is 0 Å². The van der Waals surface area contributed by atoms with Crippen LogP contribution in [-0.2, 0) is 0 Å². The second-order valence-corrected chi connectivity index (χ2v) is 6.39. The maximum absolute atomic E-state index is 12.8. The zero-order chi connectivity index (χ0) is 15.6. The number of hydrogen-bond acceptors (Lipinski definition) is 2. The lowest BCUT2D eigenvalue weighted by molar-refractivity contribution is 0.105. The normalized spacial score (nSPS) is 13.4. The van der Waals surface area contributed by atoms with E-state index in [0.717, 1.165) is 27.5 Å². The Bertz CT molecular complexity index is 992. The molecule has 0 bridgehead atoms. The smallest absolute Gasteiger partial charge is 0.197 e. The van der Waals surface area contributed by atoms with Crippen LogP contribution in [0.2, 0.25) is 0 Å². The molecule has 0 saturated heterocycles. The summed E-state index contributed by atoms with van der Waals surface area (Å²) in [5, 5.41) is 2.19. The Hall–Kier alpha value is -2.13. The summed E-state index contributed by atoms with van der Waals surface area (Å²) in [5.41, 5.74) is 5.00. The molecule has 0 amide bonds. The first-order valence-corrected chi connectivity index (χ1v) is 7.85. The summed E-state index contributed by atoms with van der Waals surface area (Å²) in [6.07, 6.45) is 0. The molecule has 0 aliphatic heterocycles. The van der Waals surface area contributed by atoms with Crippen molar-refractivity contribution in [3.8, 4) is 11.3 Å². The van der Waals surface area contributed by atoms with Crippen molar-refractivity contribution >= 4 is 38.1 Å². The van der Waals surface area contributed by atoms with Gasteiger partial charge in [-0.1, -0.05) is 30.8 Å². The van der Waals surface area contributed by atoms with Crippen molar-refractivity contribution in [2.75, 3.05) is 0 Å². The minimum absolute atomic E-state index is 0.0524. The Morgan fingerprint density at radius 3 is 2.59 bits per heavy atom. The van der Waals surface area contributed by atoms with E-state index in [1.807, 2.05) is 25.1 Å². The summed E-state index contributed by atoms with van der Waals surface area (Å²) in [7, 11) is 0. The van der Waals surface area contributed by atoms with Gasteiger partial charge in [-0.15, -0.1) is 0 Å². The van der Waals surface area contributed by atoms with Gasteiger partial charge >= 0.3 is 0 Å². The number of furan rings is 1. The van der Waals surface area contributed by atoms with Crippen LogP contribution in [0.25, 0.3) is 27.7 Å². The van der Waals surface area contributed by atoms with Crippen molar-refractivity contribution < 1.29 is 9.21 Å². The van der Waals surface area contributed by atoms with Crippen LogP contribution in [0.3, 0.4) is 0 Å². The molecule has 0 saturated carbocycles. The van der Waals surface area contributed by atoms with Crippen molar-refractivity contribution in [2.24, 2.45) is 0 Å². The van der Waals surface area contributed by atoms with Gasteiger partial charge in [-0.2, -0.15) is 0 Å². The van der Waals surface area contributed by atoms with E-state index in [1.54, 1.807) is 0 Å². The summed E-state index contributed by atoms with van der Waals surface area (Å²) in [4.78, 5) is 12.8. The first kappa shape index (κ1) is 13.5. The average Bonchev–Trinajstić information content (AvgIpc) is 2.80. The highest BCUT2D eigenvalue weighted by molar-refractivity contribution is 9.10. The molecule has 0 radical (unpaired) electrons. The first-order chi connectivity index (χ1) is 10.5. The highest BCUT2D eigenvalue weighted by atomic mass is 79.9. The van der Waals surface area contributed by atoms with Crippen LogP contribution in [0, 0.1) is 13.8 Å². The Morgan fingerprint density at radius 2 is 1.82 bits per heavy atom. The minimum atomic E-state index is -0.0524. The maximum Gasteiger partial charge on any atom is 0.197 e. The molecular formula is C19H13BrO2. The molecule has 108 valence electrons. The van der Waals surface area contributed by atoms with Crippen LogP contribution in [0.4, 0.5) is 0 Å². The Kier molecular flexibility index (Phi) is 2.73. The average molecular weight is 353 g/mol. The molecule has 1 aromatic heterocycles. The van der Waals surface area contributed by atoms with Gasteiger partial charge < -0.3 is 4.42 Å².